The van der Waals surface area contributed by atoms with Crippen molar-refractivity contribution in [1.82, 2.24) is 0 Å². The maximum absolute atomic E-state index is 10.6. The van der Waals surface area contributed by atoms with E-state index in [2.05, 4.69) is 6.92 Å². The SMILES string of the molecule is CC1(c2ccccc2Cl)CC1CC(=O)O. The molecule has 1 N–H and O–H groups in total. The summed E-state index contributed by atoms with van der Waals surface area (Å²) in [5.41, 5.74) is 1.05. The highest BCUT2D eigenvalue weighted by molar-refractivity contribution is 6.31. The summed E-state index contributed by atoms with van der Waals surface area (Å²) in [6.45, 7) is 2.09. The summed E-state index contributed by atoms with van der Waals surface area (Å²) in [4.78, 5) is 10.6. The number of hydrogen-bond donors (Lipinski definition) is 1. The predicted molar refractivity (Wildman–Crippen MR) is 59.2 cm³/mol. The van der Waals surface area contributed by atoms with Gasteiger partial charge in [-0.1, -0.05) is 36.7 Å². The molecule has 0 bridgehead atoms. The third-order valence-electron chi connectivity index (χ3n) is 3.32. The molecule has 1 fully saturated rings. The van der Waals surface area contributed by atoms with Crippen molar-refractivity contribution in [2.24, 2.45) is 5.92 Å². The number of halogens is 1. The van der Waals surface area contributed by atoms with Crippen LogP contribution in [0.25, 0.3) is 0 Å². The topological polar surface area (TPSA) is 37.3 Å². The molecule has 2 rings (SSSR count). The first kappa shape index (κ1) is 10.5. The van der Waals surface area contributed by atoms with Gasteiger partial charge in [-0.3, -0.25) is 4.79 Å². The average molecular weight is 225 g/mol. The van der Waals surface area contributed by atoms with Crippen molar-refractivity contribution >= 4 is 17.6 Å². The molecule has 1 aromatic carbocycles. The molecule has 0 spiro atoms. The van der Waals surface area contributed by atoms with Gasteiger partial charge in [0.05, 0.1) is 0 Å². The Kier molecular flexibility index (Phi) is 2.47. The maximum Gasteiger partial charge on any atom is 0.303 e. The van der Waals surface area contributed by atoms with Crippen molar-refractivity contribution in [3.05, 3.63) is 34.9 Å². The zero-order valence-corrected chi connectivity index (χ0v) is 9.29. The normalized spacial score (nSPS) is 28.8. The first-order valence-electron chi connectivity index (χ1n) is 5.01. The number of carboxylic acids is 1. The Morgan fingerprint density at radius 1 is 1.60 bits per heavy atom. The molecule has 0 heterocycles. The van der Waals surface area contributed by atoms with Gasteiger partial charge in [-0.15, -0.1) is 0 Å². The molecule has 80 valence electrons. The van der Waals surface area contributed by atoms with E-state index in [0.29, 0.717) is 0 Å². The van der Waals surface area contributed by atoms with Gasteiger partial charge in [0.2, 0.25) is 0 Å². The third-order valence-corrected chi connectivity index (χ3v) is 3.65. The first-order valence-corrected chi connectivity index (χ1v) is 5.38. The van der Waals surface area contributed by atoms with E-state index >= 15 is 0 Å². The van der Waals surface area contributed by atoms with Gasteiger partial charge < -0.3 is 5.11 Å². The summed E-state index contributed by atoms with van der Waals surface area (Å²) in [7, 11) is 0. The minimum atomic E-state index is -0.726. The van der Waals surface area contributed by atoms with Gasteiger partial charge in [-0.2, -0.15) is 0 Å². The van der Waals surface area contributed by atoms with Crippen LogP contribution in [0.1, 0.15) is 25.3 Å². The van der Waals surface area contributed by atoms with Gasteiger partial charge in [-0.05, 0) is 29.4 Å². The molecule has 0 saturated heterocycles. The Balaban J connectivity index is 2.20. The van der Waals surface area contributed by atoms with Crippen molar-refractivity contribution in [1.29, 1.82) is 0 Å². The highest BCUT2D eigenvalue weighted by Gasteiger charge is 2.52. The molecule has 2 unspecified atom stereocenters. The molecule has 0 aliphatic heterocycles. The summed E-state index contributed by atoms with van der Waals surface area (Å²) in [6, 6.07) is 7.69. The Morgan fingerprint density at radius 2 is 2.27 bits per heavy atom. The first-order chi connectivity index (χ1) is 7.04. The van der Waals surface area contributed by atoms with E-state index in [0.717, 1.165) is 17.0 Å². The van der Waals surface area contributed by atoms with E-state index in [9.17, 15) is 4.79 Å². The largest absolute Gasteiger partial charge is 0.481 e. The minimum absolute atomic E-state index is 0.0310. The number of aliphatic carboxylic acids is 1. The lowest BCUT2D eigenvalue weighted by molar-refractivity contribution is -0.137. The van der Waals surface area contributed by atoms with Crippen LogP contribution in [-0.2, 0) is 10.2 Å². The summed E-state index contributed by atoms with van der Waals surface area (Å²) in [5, 5.41) is 9.48. The molecule has 0 amide bonds. The number of benzene rings is 1. The van der Waals surface area contributed by atoms with E-state index in [1.165, 1.54) is 0 Å². The van der Waals surface area contributed by atoms with Crippen molar-refractivity contribution in [3.8, 4) is 0 Å². The van der Waals surface area contributed by atoms with E-state index in [1.54, 1.807) is 0 Å². The lowest BCUT2D eigenvalue weighted by atomic mass is 9.94. The summed E-state index contributed by atoms with van der Waals surface area (Å²) < 4.78 is 0. The lowest BCUT2D eigenvalue weighted by Gasteiger charge is -2.12. The highest BCUT2D eigenvalue weighted by Crippen LogP contribution is 2.57. The van der Waals surface area contributed by atoms with Crippen molar-refractivity contribution in [3.63, 3.8) is 0 Å². The van der Waals surface area contributed by atoms with Crippen LogP contribution in [0.5, 0.6) is 0 Å². The molecular formula is C12H13ClO2. The molecule has 3 heteroatoms. The van der Waals surface area contributed by atoms with Gasteiger partial charge in [0.25, 0.3) is 0 Å². The molecular weight excluding hydrogens is 212 g/mol. The lowest BCUT2D eigenvalue weighted by Crippen LogP contribution is -2.08. The fourth-order valence-electron chi connectivity index (χ4n) is 2.22. The summed E-state index contributed by atoms with van der Waals surface area (Å²) in [6.07, 6.45) is 1.16. The molecule has 2 nitrogen and oxygen atoms in total. The monoisotopic (exact) mass is 224 g/mol. The van der Waals surface area contributed by atoms with Gasteiger partial charge >= 0.3 is 5.97 Å². The van der Waals surface area contributed by atoms with Gasteiger partial charge in [0, 0.05) is 11.4 Å². The molecule has 1 aliphatic carbocycles. The van der Waals surface area contributed by atoms with E-state index in [1.807, 2.05) is 24.3 Å². The molecule has 1 aliphatic rings. The van der Waals surface area contributed by atoms with E-state index in [4.69, 9.17) is 16.7 Å². The quantitative estimate of drug-likeness (QED) is 0.857. The highest BCUT2D eigenvalue weighted by atomic mass is 35.5. The average Bonchev–Trinajstić information content (AvgIpc) is 2.77. The van der Waals surface area contributed by atoms with Crippen LogP contribution >= 0.6 is 11.6 Å². The zero-order valence-electron chi connectivity index (χ0n) is 8.53. The number of rotatable bonds is 3. The second-order valence-electron chi connectivity index (χ2n) is 4.40. The molecule has 0 aromatic heterocycles. The van der Waals surface area contributed by atoms with E-state index in [-0.39, 0.29) is 17.8 Å². The van der Waals surface area contributed by atoms with E-state index < -0.39 is 5.97 Å². The van der Waals surface area contributed by atoms with Crippen molar-refractivity contribution in [2.75, 3.05) is 0 Å². The molecule has 1 aromatic rings. The smallest absolute Gasteiger partial charge is 0.303 e. The zero-order chi connectivity index (χ0) is 11.1. The van der Waals surface area contributed by atoms with Crippen LogP contribution < -0.4 is 0 Å². The third kappa shape index (κ3) is 1.86. The van der Waals surface area contributed by atoms with Gasteiger partial charge in [-0.25, -0.2) is 0 Å². The maximum atomic E-state index is 10.6. The molecule has 2 atom stereocenters. The Labute approximate surface area is 93.9 Å². The summed E-state index contributed by atoms with van der Waals surface area (Å²) >= 11 is 6.10. The van der Waals surface area contributed by atoms with Crippen LogP contribution in [0.2, 0.25) is 5.02 Å². The number of carbonyl (C=O) groups is 1. The second-order valence-corrected chi connectivity index (χ2v) is 4.80. The molecule has 1 saturated carbocycles. The Hall–Kier alpha value is -1.02. The standard InChI is InChI=1S/C12H13ClO2/c1-12(7-8(12)6-11(14)15)9-4-2-3-5-10(9)13/h2-5,8H,6-7H2,1H3,(H,14,15). The fourth-order valence-corrected chi connectivity index (χ4v) is 2.57. The summed E-state index contributed by atoms with van der Waals surface area (Å²) in [5.74, 6) is -0.495. The Bertz CT molecular complexity index is 402. The van der Waals surface area contributed by atoms with Gasteiger partial charge in [0.1, 0.15) is 0 Å². The minimum Gasteiger partial charge on any atom is -0.481 e. The predicted octanol–water partition coefficient (Wildman–Crippen LogP) is 3.09. The fraction of sp³-hybridized carbons (Fsp3) is 0.417. The van der Waals surface area contributed by atoms with Gasteiger partial charge in [0.15, 0.2) is 0 Å². The second kappa shape index (κ2) is 3.53. The Morgan fingerprint density at radius 3 is 2.87 bits per heavy atom. The van der Waals surface area contributed by atoms with Crippen molar-refractivity contribution in [2.45, 2.75) is 25.2 Å². The number of carboxylic acid groups (broad SMARTS) is 1. The number of hydrogen-bond acceptors (Lipinski definition) is 1. The van der Waals surface area contributed by atoms with Crippen LogP contribution in [0.3, 0.4) is 0 Å². The van der Waals surface area contributed by atoms with Crippen LogP contribution in [0.4, 0.5) is 0 Å². The van der Waals surface area contributed by atoms with Crippen LogP contribution in [-0.4, -0.2) is 11.1 Å². The molecule has 15 heavy (non-hydrogen) atoms. The van der Waals surface area contributed by atoms with Crippen LogP contribution in [0.15, 0.2) is 24.3 Å². The molecule has 0 radical (unpaired) electrons. The van der Waals surface area contributed by atoms with Crippen LogP contribution in [0, 0.1) is 5.92 Å². The van der Waals surface area contributed by atoms with Crippen molar-refractivity contribution < 1.29 is 9.90 Å².